The van der Waals surface area contributed by atoms with Gasteiger partial charge in [0.15, 0.2) is 0 Å². The number of benzene rings is 2. The first-order valence-corrected chi connectivity index (χ1v) is 9.17. The van der Waals surface area contributed by atoms with Gasteiger partial charge < -0.3 is 14.7 Å². The molecule has 0 spiro atoms. The number of aliphatic hydroxyl groups is 1. The van der Waals surface area contributed by atoms with Gasteiger partial charge >= 0.3 is 0 Å². The highest BCUT2D eigenvalue weighted by Crippen LogP contribution is 2.27. The molecule has 0 aliphatic carbocycles. The lowest BCUT2D eigenvalue weighted by Gasteiger charge is -2.29. The normalized spacial score (nSPS) is 19.6. The molecule has 0 aromatic heterocycles. The van der Waals surface area contributed by atoms with E-state index in [1.807, 2.05) is 31.2 Å². The monoisotopic (exact) mass is 353 g/mol. The van der Waals surface area contributed by atoms with Crippen LogP contribution in [0.2, 0.25) is 0 Å². The Morgan fingerprint density at radius 3 is 2.31 bits per heavy atom. The quantitative estimate of drug-likeness (QED) is 0.915. The molecule has 1 heterocycles. The van der Waals surface area contributed by atoms with E-state index in [1.54, 1.807) is 4.90 Å². The summed E-state index contributed by atoms with van der Waals surface area (Å²) in [4.78, 5) is 14.6. The summed E-state index contributed by atoms with van der Waals surface area (Å²) in [6.45, 7) is 9.50. The number of aryl methyl sites for hydroxylation is 3. The first-order valence-electron chi connectivity index (χ1n) is 9.17. The van der Waals surface area contributed by atoms with Crippen molar-refractivity contribution in [3.8, 4) is 11.1 Å². The van der Waals surface area contributed by atoms with Crippen LogP contribution in [-0.2, 0) is 4.74 Å². The van der Waals surface area contributed by atoms with Crippen molar-refractivity contribution in [3.05, 3.63) is 58.7 Å². The van der Waals surface area contributed by atoms with Crippen molar-refractivity contribution >= 4 is 5.91 Å². The van der Waals surface area contributed by atoms with Gasteiger partial charge in [-0.25, -0.2) is 0 Å². The van der Waals surface area contributed by atoms with Gasteiger partial charge in [0.1, 0.15) is 0 Å². The smallest absolute Gasteiger partial charge is 0.254 e. The van der Waals surface area contributed by atoms with Crippen LogP contribution in [0.3, 0.4) is 0 Å². The van der Waals surface area contributed by atoms with Gasteiger partial charge in [0.25, 0.3) is 5.91 Å². The van der Waals surface area contributed by atoms with Crippen LogP contribution in [0, 0.1) is 20.8 Å². The topological polar surface area (TPSA) is 49.8 Å². The summed E-state index contributed by atoms with van der Waals surface area (Å²) in [5.41, 5.74) is 6.71. The minimum Gasteiger partial charge on any atom is -0.388 e. The molecule has 26 heavy (non-hydrogen) atoms. The molecule has 2 aromatic rings. The summed E-state index contributed by atoms with van der Waals surface area (Å²) in [6, 6.07) is 11.9. The highest BCUT2D eigenvalue weighted by Gasteiger charge is 2.34. The Morgan fingerprint density at radius 2 is 1.73 bits per heavy atom. The summed E-state index contributed by atoms with van der Waals surface area (Å²) in [5, 5.41) is 10.0. The van der Waals surface area contributed by atoms with E-state index in [2.05, 4.69) is 32.9 Å². The molecule has 1 aliphatic heterocycles. The predicted octanol–water partition coefficient (Wildman–Crippen LogP) is 3.50. The molecule has 2 unspecified atom stereocenters. The third kappa shape index (κ3) is 3.53. The molecular formula is C22H27NO3. The molecule has 1 amide bonds. The number of nitrogens with zero attached hydrogens (tertiary/aromatic N) is 1. The minimum absolute atomic E-state index is 0.0644. The molecule has 0 bridgehead atoms. The van der Waals surface area contributed by atoms with Crippen LogP contribution in [0.4, 0.5) is 0 Å². The molecular weight excluding hydrogens is 326 g/mol. The second-order valence-corrected chi connectivity index (χ2v) is 7.09. The predicted molar refractivity (Wildman–Crippen MR) is 103 cm³/mol. The van der Waals surface area contributed by atoms with E-state index >= 15 is 0 Å². The maximum absolute atomic E-state index is 12.9. The van der Waals surface area contributed by atoms with Crippen molar-refractivity contribution in [3.63, 3.8) is 0 Å². The van der Waals surface area contributed by atoms with Crippen molar-refractivity contribution in [1.82, 2.24) is 4.90 Å². The molecule has 0 saturated carbocycles. The highest BCUT2D eigenvalue weighted by molar-refractivity contribution is 5.95. The zero-order valence-electron chi connectivity index (χ0n) is 16.0. The highest BCUT2D eigenvalue weighted by atomic mass is 16.5. The summed E-state index contributed by atoms with van der Waals surface area (Å²) in [7, 11) is 0. The molecule has 1 aliphatic rings. The number of rotatable bonds is 4. The number of carbonyl (C=O) groups is 1. The standard InChI is InChI=1S/C22H27NO3/c1-5-23(20-12-26-13-21(20)24)22(25)18-8-6-17(7-9-18)19-11-15(3)14(2)10-16(19)4/h6-11,20-21,24H,5,12-13H2,1-4H3. The fraction of sp³-hybridized carbons (Fsp3) is 0.409. The molecule has 2 aromatic carbocycles. The number of hydrogen-bond donors (Lipinski definition) is 1. The van der Waals surface area contributed by atoms with E-state index in [9.17, 15) is 9.90 Å². The van der Waals surface area contributed by atoms with E-state index in [0.29, 0.717) is 25.3 Å². The van der Waals surface area contributed by atoms with Gasteiger partial charge in [-0.05, 0) is 67.6 Å². The van der Waals surface area contributed by atoms with Gasteiger partial charge in [0, 0.05) is 12.1 Å². The van der Waals surface area contributed by atoms with Crippen LogP contribution >= 0.6 is 0 Å². The largest absolute Gasteiger partial charge is 0.388 e. The fourth-order valence-electron chi connectivity index (χ4n) is 3.59. The second kappa shape index (κ2) is 7.60. The van der Waals surface area contributed by atoms with Crippen molar-refractivity contribution in [2.45, 2.75) is 39.8 Å². The number of hydrogen-bond acceptors (Lipinski definition) is 3. The van der Waals surface area contributed by atoms with Gasteiger partial charge in [-0.15, -0.1) is 0 Å². The van der Waals surface area contributed by atoms with Gasteiger partial charge in [-0.2, -0.15) is 0 Å². The molecule has 138 valence electrons. The lowest BCUT2D eigenvalue weighted by atomic mass is 9.95. The summed E-state index contributed by atoms with van der Waals surface area (Å²) >= 11 is 0. The van der Waals surface area contributed by atoms with Crippen LogP contribution in [0.5, 0.6) is 0 Å². The Kier molecular flexibility index (Phi) is 5.44. The van der Waals surface area contributed by atoms with Crippen molar-refractivity contribution in [2.24, 2.45) is 0 Å². The van der Waals surface area contributed by atoms with Crippen LogP contribution in [0.25, 0.3) is 11.1 Å². The Bertz CT molecular complexity index is 798. The van der Waals surface area contributed by atoms with Gasteiger partial charge in [0.2, 0.25) is 0 Å². The molecule has 1 N–H and O–H groups in total. The summed E-state index contributed by atoms with van der Waals surface area (Å²) in [5.74, 6) is -0.0644. The number of likely N-dealkylation sites (N-methyl/N-ethyl adjacent to an activating group) is 1. The molecule has 0 radical (unpaired) electrons. The third-order valence-electron chi connectivity index (χ3n) is 5.31. The van der Waals surface area contributed by atoms with E-state index in [1.165, 1.54) is 22.3 Å². The summed E-state index contributed by atoms with van der Waals surface area (Å²) < 4.78 is 5.31. The van der Waals surface area contributed by atoms with Crippen LogP contribution in [-0.4, -0.2) is 47.8 Å². The average molecular weight is 353 g/mol. The average Bonchev–Trinajstić information content (AvgIpc) is 3.05. The lowest BCUT2D eigenvalue weighted by molar-refractivity contribution is 0.0520. The van der Waals surface area contributed by atoms with E-state index in [4.69, 9.17) is 4.74 Å². The molecule has 1 saturated heterocycles. The second-order valence-electron chi connectivity index (χ2n) is 7.09. The lowest BCUT2D eigenvalue weighted by Crippen LogP contribution is -2.46. The number of aliphatic hydroxyl groups excluding tert-OH is 1. The number of carbonyl (C=O) groups excluding carboxylic acids is 1. The van der Waals surface area contributed by atoms with Crippen molar-refractivity contribution in [2.75, 3.05) is 19.8 Å². The maximum atomic E-state index is 12.9. The van der Waals surface area contributed by atoms with E-state index in [0.717, 1.165) is 5.56 Å². The zero-order chi connectivity index (χ0) is 18.8. The van der Waals surface area contributed by atoms with E-state index in [-0.39, 0.29) is 11.9 Å². The molecule has 2 atom stereocenters. The molecule has 4 heteroatoms. The molecule has 3 rings (SSSR count). The Labute approximate surface area is 155 Å². The van der Waals surface area contributed by atoms with Crippen molar-refractivity contribution < 1.29 is 14.6 Å². The summed E-state index contributed by atoms with van der Waals surface area (Å²) in [6.07, 6.45) is -0.614. The Morgan fingerprint density at radius 1 is 1.08 bits per heavy atom. The molecule has 4 nitrogen and oxygen atoms in total. The minimum atomic E-state index is -0.614. The van der Waals surface area contributed by atoms with Crippen LogP contribution in [0.15, 0.2) is 36.4 Å². The first kappa shape index (κ1) is 18.6. The maximum Gasteiger partial charge on any atom is 0.254 e. The van der Waals surface area contributed by atoms with Crippen LogP contribution < -0.4 is 0 Å². The Hall–Kier alpha value is -2.17. The zero-order valence-corrected chi connectivity index (χ0v) is 16.0. The van der Waals surface area contributed by atoms with Crippen LogP contribution in [0.1, 0.15) is 34.0 Å². The van der Waals surface area contributed by atoms with E-state index < -0.39 is 6.10 Å². The molecule has 1 fully saturated rings. The van der Waals surface area contributed by atoms with Gasteiger partial charge in [-0.1, -0.05) is 24.3 Å². The van der Waals surface area contributed by atoms with Gasteiger partial charge in [0.05, 0.1) is 25.4 Å². The third-order valence-corrected chi connectivity index (χ3v) is 5.31. The first-order chi connectivity index (χ1) is 12.4. The number of amides is 1. The van der Waals surface area contributed by atoms with Crippen molar-refractivity contribution in [1.29, 1.82) is 0 Å². The number of ether oxygens (including phenoxy) is 1. The van der Waals surface area contributed by atoms with Gasteiger partial charge in [-0.3, -0.25) is 4.79 Å². The Balaban J connectivity index is 1.85. The fourth-order valence-corrected chi connectivity index (χ4v) is 3.59. The SMILES string of the molecule is CCN(C(=O)c1ccc(-c2cc(C)c(C)cc2C)cc1)C1COCC1O.